The third-order valence-corrected chi connectivity index (χ3v) is 6.66. The Bertz CT molecular complexity index is 1360. The van der Waals surface area contributed by atoms with Crippen LogP contribution in [0.3, 0.4) is 0 Å². The van der Waals surface area contributed by atoms with Crippen LogP contribution in [0.5, 0.6) is 11.5 Å². The Kier molecular flexibility index (Phi) is 4.85. The molecule has 0 fully saturated rings. The number of nitrogens with zero attached hydrogens (tertiary/aromatic N) is 5. The Morgan fingerprint density at radius 1 is 1.09 bits per heavy atom. The number of benzene rings is 1. The van der Waals surface area contributed by atoms with Gasteiger partial charge in [0, 0.05) is 18.3 Å². The van der Waals surface area contributed by atoms with E-state index in [4.69, 9.17) is 14.5 Å². The maximum atomic E-state index is 14.8. The summed E-state index contributed by atoms with van der Waals surface area (Å²) < 4.78 is 30.9. The molecule has 1 aromatic carbocycles. The third kappa shape index (κ3) is 2.89. The predicted octanol–water partition coefficient (Wildman–Crippen LogP) is 3.96. The highest BCUT2D eigenvalue weighted by molar-refractivity contribution is 5.85. The number of halogens is 2. The van der Waals surface area contributed by atoms with Gasteiger partial charge >= 0.3 is 0 Å². The number of rotatable bonds is 1. The van der Waals surface area contributed by atoms with E-state index in [0.717, 1.165) is 56.7 Å². The Labute approximate surface area is 190 Å². The molecule has 2 aliphatic heterocycles. The highest BCUT2D eigenvalue weighted by Gasteiger charge is 2.32. The highest BCUT2D eigenvalue weighted by atomic mass is 35.5. The van der Waals surface area contributed by atoms with Crippen molar-refractivity contribution in [2.45, 2.75) is 32.6 Å². The monoisotopic (exact) mass is 455 g/mol. The second kappa shape index (κ2) is 7.48. The summed E-state index contributed by atoms with van der Waals surface area (Å²) in [6.45, 7) is 4.96. The SMILES string of the molecule is Cc1nc(-c2cc3c(n4cnnc24)CCc2c(F)ccc4c2[C@H](CO4)CO3)n(C)c1C.Cl. The van der Waals surface area contributed by atoms with Crippen molar-refractivity contribution in [3.63, 3.8) is 0 Å². The quantitative estimate of drug-likeness (QED) is 0.434. The molecule has 32 heavy (non-hydrogen) atoms. The van der Waals surface area contributed by atoms with Gasteiger partial charge in [-0.1, -0.05) is 0 Å². The molecule has 9 heteroatoms. The lowest BCUT2D eigenvalue weighted by atomic mass is 9.93. The molecule has 7 nitrogen and oxygen atoms in total. The average Bonchev–Trinajstić information content (AvgIpc) is 3.47. The molecule has 0 bridgehead atoms. The lowest BCUT2D eigenvalue weighted by molar-refractivity contribution is 0.246. The van der Waals surface area contributed by atoms with Gasteiger partial charge in [-0.3, -0.25) is 4.40 Å². The Balaban J connectivity index is 0.00000216. The van der Waals surface area contributed by atoms with Crippen molar-refractivity contribution in [3.8, 4) is 22.9 Å². The number of aromatic nitrogens is 5. The average molecular weight is 456 g/mol. The molecule has 3 aromatic heterocycles. The number of ether oxygens (including phenoxy) is 2. The number of hydrogen-bond donors (Lipinski definition) is 0. The van der Waals surface area contributed by atoms with Crippen molar-refractivity contribution in [3.05, 3.63) is 58.6 Å². The molecule has 0 spiro atoms. The normalized spacial score (nSPS) is 16.8. The summed E-state index contributed by atoms with van der Waals surface area (Å²) in [5.74, 6) is 2.16. The number of pyridine rings is 1. The summed E-state index contributed by atoms with van der Waals surface area (Å²) in [7, 11) is 2.00. The van der Waals surface area contributed by atoms with Gasteiger partial charge in [0.05, 0.1) is 36.1 Å². The minimum Gasteiger partial charge on any atom is -0.493 e. The number of hydrogen-bond acceptors (Lipinski definition) is 5. The van der Waals surface area contributed by atoms with Gasteiger partial charge in [0.25, 0.3) is 0 Å². The number of imidazole rings is 1. The van der Waals surface area contributed by atoms with Gasteiger partial charge in [0.1, 0.15) is 29.5 Å². The summed E-state index contributed by atoms with van der Waals surface area (Å²) >= 11 is 0. The number of aryl methyl sites for hydroxylation is 2. The van der Waals surface area contributed by atoms with Crippen LogP contribution in [0.15, 0.2) is 24.5 Å². The molecule has 0 saturated carbocycles. The van der Waals surface area contributed by atoms with Crippen molar-refractivity contribution in [2.24, 2.45) is 7.05 Å². The molecule has 5 heterocycles. The van der Waals surface area contributed by atoms with Gasteiger partial charge in [0.15, 0.2) is 5.65 Å². The molecule has 0 unspecified atom stereocenters. The van der Waals surface area contributed by atoms with E-state index in [9.17, 15) is 4.39 Å². The Hall–Kier alpha value is -3.13. The molecule has 1 atom stereocenters. The van der Waals surface area contributed by atoms with Crippen molar-refractivity contribution < 1.29 is 13.9 Å². The van der Waals surface area contributed by atoms with Crippen LogP contribution >= 0.6 is 12.4 Å². The fourth-order valence-corrected chi connectivity index (χ4v) is 4.79. The van der Waals surface area contributed by atoms with E-state index < -0.39 is 0 Å². The molecule has 0 saturated heterocycles. The smallest absolute Gasteiger partial charge is 0.172 e. The van der Waals surface area contributed by atoms with Crippen LogP contribution in [0.1, 0.15) is 34.1 Å². The van der Waals surface area contributed by atoms with Gasteiger partial charge in [-0.05, 0) is 50.5 Å². The first-order valence-electron chi connectivity index (χ1n) is 10.5. The first-order valence-corrected chi connectivity index (χ1v) is 10.5. The van der Waals surface area contributed by atoms with Crippen molar-refractivity contribution in [1.82, 2.24) is 24.1 Å². The molecule has 4 aromatic rings. The zero-order valence-corrected chi connectivity index (χ0v) is 18.9. The molecule has 0 aliphatic carbocycles. The molecule has 166 valence electrons. The fourth-order valence-electron chi connectivity index (χ4n) is 4.79. The van der Waals surface area contributed by atoms with Gasteiger partial charge in [-0.15, -0.1) is 22.6 Å². The van der Waals surface area contributed by atoms with E-state index in [-0.39, 0.29) is 24.1 Å². The van der Waals surface area contributed by atoms with Crippen LogP contribution in [-0.4, -0.2) is 37.4 Å². The summed E-state index contributed by atoms with van der Waals surface area (Å²) in [6.07, 6.45) is 2.85. The van der Waals surface area contributed by atoms with Crippen LogP contribution in [0, 0.1) is 19.7 Å². The zero-order valence-electron chi connectivity index (χ0n) is 18.1. The Morgan fingerprint density at radius 3 is 2.62 bits per heavy atom. The second-order valence-electron chi connectivity index (χ2n) is 8.32. The minimum atomic E-state index is -0.187. The van der Waals surface area contributed by atoms with Crippen molar-refractivity contribution >= 4 is 18.1 Å². The molecule has 0 amide bonds. The summed E-state index contributed by atoms with van der Waals surface area (Å²) in [5.41, 5.74) is 6.25. The number of fused-ring (bicyclic) bond motifs is 3. The van der Waals surface area contributed by atoms with Gasteiger partial charge in [0.2, 0.25) is 0 Å². The van der Waals surface area contributed by atoms with Crippen molar-refractivity contribution in [1.29, 1.82) is 0 Å². The lowest BCUT2D eigenvalue weighted by Gasteiger charge is -2.16. The summed E-state index contributed by atoms with van der Waals surface area (Å²) in [4.78, 5) is 4.76. The van der Waals surface area contributed by atoms with E-state index in [1.54, 1.807) is 12.4 Å². The maximum Gasteiger partial charge on any atom is 0.172 e. The Morgan fingerprint density at radius 2 is 1.88 bits per heavy atom. The maximum absolute atomic E-state index is 14.8. The molecular formula is C23H23ClFN5O2. The highest BCUT2D eigenvalue weighted by Crippen LogP contribution is 2.41. The van der Waals surface area contributed by atoms with E-state index >= 15 is 0 Å². The van der Waals surface area contributed by atoms with Gasteiger partial charge in [-0.25, -0.2) is 9.37 Å². The molecule has 6 rings (SSSR count). The fraction of sp³-hybridized carbons (Fsp3) is 0.348. The molecule has 2 aliphatic rings. The second-order valence-corrected chi connectivity index (χ2v) is 8.32. The lowest BCUT2D eigenvalue weighted by Crippen LogP contribution is -2.13. The van der Waals surface area contributed by atoms with Crippen molar-refractivity contribution in [2.75, 3.05) is 13.2 Å². The van der Waals surface area contributed by atoms with Crippen LogP contribution in [0.25, 0.3) is 17.0 Å². The first-order chi connectivity index (χ1) is 15.0. The third-order valence-electron chi connectivity index (χ3n) is 6.66. The van der Waals surface area contributed by atoms with E-state index in [1.807, 2.05) is 31.4 Å². The van der Waals surface area contributed by atoms with Crippen LogP contribution in [0.4, 0.5) is 4.39 Å². The van der Waals surface area contributed by atoms with E-state index in [1.165, 1.54) is 6.07 Å². The van der Waals surface area contributed by atoms with Crippen LogP contribution in [0.2, 0.25) is 0 Å². The molecule has 0 N–H and O–H groups in total. The van der Waals surface area contributed by atoms with E-state index in [2.05, 4.69) is 14.8 Å². The topological polar surface area (TPSA) is 66.5 Å². The summed E-state index contributed by atoms with van der Waals surface area (Å²) in [6, 6.07) is 5.23. The van der Waals surface area contributed by atoms with Gasteiger partial charge in [-0.2, -0.15) is 0 Å². The van der Waals surface area contributed by atoms with Gasteiger partial charge < -0.3 is 14.0 Å². The molecule has 0 radical (unpaired) electrons. The molecular weight excluding hydrogens is 433 g/mol. The minimum absolute atomic E-state index is 0. The first kappa shape index (κ1) is 20.8. The predicted molar refractivity (Wildman–Crippen MR) is 119 cm³/mol. The van der Waals surface area contributed by atoms with Crippen LogP contribution in [-0.2, 0) is 19.9 Å². The largest absolute Gasteiger partial charge is 0.493 e. The van der Waals surface area contributed by atoms with E-state index in [0.29, 0.717) is 26.1 Å². The summed E-state index contributed by atoms with van der Waals surface area (Å²) in [5, 5.41) is 8.53. The standard InChI is InChI=1S/C23H22FN5O2.ClH/c1-12-13(2)28(3)22(26-12)16-8-20-18(29-11-25-27-23(16)29)6-4-15-17(24)5-7-19-21(15)14(9-30-19)10-31-20;/h5,7-8,11,14H,4,6,9-10H2,1-3H3;1H/t14-;/m1./s1. The van der Waals surface area contributed by atoms with Crippen LogP contribution < -0.4 is 9.47 Å². The zero-order chi connectivity index (χ0) is 21.3.